The zero-order valence-corrected chi connectivity index (χ0v) is 17.8. The van der Waals surface area contributed by atoms with Crippen molar-refractivity contribution in [3.8, 4) is 0 Å². The highest BCUT2D eigenvalue weighted by Gasteiger charge is 2.26. The summed E-state index contributed by atoms with van der Waals surface area (Å²) >= 11 is 0. The van der Waals surface area contributed by atoms with E-state index in [1.54, 1.807) is 24.5 Å². The number of hydrogen-bond acceptors (Lipinski definition) is 5. The molecule has 162 valence electrons. The minimum Gasteiger partial charge on any atom is -0.348 e. The highest BCUT2D eigenvalue weighted by atomic mass is 32.2. The number of sulfonamides is 1. The molecule has 2 N–H and O–H groups in total. The number of rotatable bonds is 5. The van der Waals surface area contributed by atoms with Gasteiger partial charge in [0.1, 0.15) is 0 Å². The minimum atomic E-state index is -3.68. The molecule has 1 saturated heterocycles. The molecule has 0 saturated carbocycles. The summed E-state index contributed by atoms with van der Waals surface area (Å²) in [6, 6.07) is 9.29. The molecule has 8 nitrogen and oxygen atoms in total. The SMILES string of the molecule is O=C(NCc1cccnc1)c1cc(=O)[nH]c2ccc(S(=O)(=O)N3CCCCCC3)cc12. The zero-order chi connectivity index (χ0) is 21.8. The number of nitrogens with zero attached hydrogens (tertiary/aromatic N) is 2. The van der Waals surface area contributed by atoms with E-state index in [1.807, 2.05) is 6.07 Å². The van der Waals surface area contributed by atoms with Crippen LogP contribution in [-0.4, -0.2) is 41.7 Å². The number of fused-ring (bicyclic) bond motifs is 1. The van der Waals surface area contributed by atoms with Crippen LogP contribution in [0.15, 0.2) is 58.5 Å². The fraction of sp³-hybridized carbons (Fsp3) is 0.318. The molecule has 1 amide bonds. The number of H-pyrrole nitrogens is 1. The van der Waals surface area contributed by atoms with Crippen LogP contribution >= 0.6 is 0 Å². The fourth-order valence-corrected chi connectivity index (χ4v) is 5.34. The first kappa shape index (κ1) is 21.2. The second-order valence-corrected chi connectivity index (χ2v) is 9.55. The molecule has 1 fully saturated rings. The first-order valence-corrected chi connectivity index (χ1v) is 11.7. The highest BCUT2D eigenvalue weighted by Crippen LogP contribution is 2.25. The normalized spacial score (nSPS) is 15.5. The largest absolute Gasteiger partial charge is 0.348 e. The monoisotopic (exact) mass is 440 g/mol. The Morgan fingerprint density at radius 3 is 2.58 bits per heavy atom. The van der Waals surface area contributed by atoms with Gasteiger partial charge in [-0.25, -0.2) is 8.42 Å². The van der Waals surface area contributed by atoms with Crippen LogP contribution in [0.2, 0.25) is 0 Å². The first-order valence-electron chi connectivity index (χ1n) is 10.3. The number of carbonyl (C=O) groups is 1. The molecule has 1 aliphatic rings. The second kappa shape index (κ2) is 8.99. The van der Waals surface area contributed by atoms with Crippen LogP contribution < -0.4 is 10.9 Å². The number of hydrogen-bond donors (Lipinski definition) is 2. The van der Waals surface area contributed by atoms with Crippen LogP contribution in [0.3, 0.4) is 0 Å². The van der Waals surface area contributed by atoms with Crippen LogP contribution in [-0.2, 0) is 16.6 Å². The van der Waals surface area contributed by atoms with Crippen LogP contribution in [0.5, 0.6) is 0 Å². The van der Waals surface area contributed by atoms with Crippen molar-refractivity contribution in [2.24, 2.45) is 0 Å². The molecule has 0 aliphatic carbocycles. The van der Waals surface area contributed by atoms with E-state index in [0.29, 0.717) is 24.0 Å². The molecule has 0 atom stereocenters. The summed E-state index contributed by atoms with van der Waals surface area (Å²) in [7, 11) is -3.68. The van der Waals surface area contributed by atoms with Crippen molar-refractivity contribution in [3.63, 3.8) is 0 Å². The molecule has 0 unspecified atom stereocenters. The summed E-state index contributed by atoms with van der Waals surface area (Å²) in [6.07, 6.45) is 6.99. The predicted molar refractivity (Wildman–Crippen MR) is 117 cm³/mol. The molecule has 0 radical (unpaired) electrons. The van der Waals surface area contributed by atoms with E-state index in [4.69, 9.17) is 0 Å². The average molecular weight is 441 g/mol. The first-order chi connectivity index (χ1) is 14.9. The van der Waals surface area contributed by atoms with Gasteiger partial charge in [0.05, 0.1) is 10.5 Å². The quantitative estimate of drug-likeness (QED) is 0.633. The van der Waals surface area contributed by atoms with Crippen molar-refractivity contribution in [1.82, 2.24) is 19.6 Å². The Morgan fingerprint density at radius 2 is 1.87 bits per heavy atom. The summed E-state index contributed by atoms with van der Waals surface area (Å²) < 4.78 is 27.9. The van der Waals surface area contributed by atoms with Gasteiger partial charge < -0.3 is 10.3 Å². The summed E-state index contributed by atoms with van der Waals surface area (Å²) in [5, 5.41) is 3.16. The lowest BCUT2D eigenvalue weighted by Crippen LogP contribution is -2.32. The Morgan fingerprint density at radius 1 is 1.10 bits per heavy atom. The number of benzene rings is 1. The molecule has 3 heterocycles. The molecule has 31 heavy (non-hydrogen) atoms. The smallest absolute Gasteiger partial charge is 0.252 e. The molecular weight excluding hydrogens is 416 g/mol. The van der Waals surface area contributed by atoms with Gasteiger partial charge in [0.15, 0.2) is 0 Å². The van der Waals surface area contributed by atoms with Gasteiger partial charge in [-0.3, -0.25) is 14.6 Å². The number of nitrogens with one attached hydrogen (secondary N) is 2. The van der Waals surface area contributed by atoms with Gasteiger partial charge in [-0.2, -0.15) is 4.31 Å². The molecule has 4 rings (SSSR count). The van der Waals surface area contributed by atoms with Gasteiger partial charge >= 0.3 is 0 Å². The van der Waals surface area contributed by atoms with Crippen LogP contribution in [0.1, 0.15) is 41.6 Å². The number of aromatic nitrogens is 2. The Kier molecular flexibility index (Phi) is 6.15. The Balaban J connectivity index is 1.69. The lowest BCUT2D eigenvalue weighted by atomic mass is 10.1. The molecule has 0 spiro atoms. The highest BCUT2D eigenvalue weighted by molar-refractivity contribution is 7.89. The maximum atomic E-state index is 13.2. The van der Waals surface area contributed by atoms with Crippen LogP contribution in [0.4, 0.5) is 0 Å². The number of carbonyl (C=O) groups excluding carboxylic acids is 1. The Hall–Kier alpha value is -3.04. The second-order valence-electron chi connectivity index (χ2n) is 7.62. The summed E-state index contributed by atoms with van der Waals surface area (Å²) in [4.78, 5) is 31.7. The van der Waals surface area contributed by atoms with Gasteiger partial charge in [-0.05, 0) is 42.7 Å². The summed E-state index contributed by atoms with van der Waals surface area (Å²) in [5.41, 5.74) is 0.931. The van der Waals surface area contributed by atoms with Gasteiger partial charge in [0.25, 0.3) is 5.91 Å². The Bertz CT molecular complexity index is 1250. The lowest BCUT2D eigenvalue weighted by Gasteiger charge is -2.20. The molecule has 2 aromatic heterocycles. The lowest BCUT2D eigenvalue weighted by molar-refractivity contribution is 0.0952. The number of amides is 1. The Labute approximate surface area is 180 Å². The van der Waals surface area contributed by atoms with Crippen molar-refractivity contribution in [2.75, 3.05) is 13.1 Å². The van der Waals surface area contributed by atoms with Crippen LogP contribution in [0.25, 0.3) is 10.9 Å². The van der Waals surface area contributed by atoms with E-state index in [1.165, 1.54) is 22.5 Å². The van der Waals surface area contributed by atoms with Gasteiger partial charge in [-0.1, -0.05) is 18.9 Å². The topological polar surface area (TPSA) is 112 Å². The van der Waals surface area contributed by atoms with E-state index in [0.717, 1.165) is 31.2 Å². The summed E-state index contributed by atoms with van der Waals surface area (Å²) in [5.74, 6) is -0.454. The molecule has 9 heteroatoms. The minimum absolute atomic E-state index is 0.121. The van der Waals surface area contributed by atoms with E-state index < -0.39 is 21.5 Å². The van der Waals surface area contributed by atoms with Crippen molar-refractivity contribution in [2.45, 2.75) is 37.1 Å². The average Bonchev–Trinajstić information content (AvgIpc) is 3.07. The third kappa shape index (κ3) is 4.67. The van der Waals surface area contributed by atoms with Crippen molar-refractivity contribution in [3.05, 3.63) is 70.3 Å². The van der Waals surface area contributed by atoms with E-state index in [2.05, 4.69) is 15.3 Å². The van der Waals surface area contributed by atoms with Gasteiger partial charge in [-0.15, -0.1) is 0 Å². The van der Waals surface area contributed by atoms with E-state index in [-0.39, 0.29) is 17.0 Å². The summed E-state index contributed by atoms with van der Waals surface area (Å²) in [6.45, 7) is 1.22. The van der Waals surface area contributed by atoms with Gasteiger partial charge in [0.2, 0.25) is 15.6 Å². The molecule has 1 aromatic carbocycles. The van der Waals surface area contributed by atoms with Crippen molar-refractivity contribution in [1.29, 1.82) is 0 Å². The predicted octanol–water partition coefficient (Wildman–Crippen LogP) is 2.42. The zero-order valence-electron chi connectivity index (χ0n) is 17.0. The fourth-order valence-electron chi connectivity index (χ4n) is 3.79. The third-order valence-corrected chi connectivity index (χ3v) is 7.33. The van der Waals surface area contributed by atoms with E-state index in [9.17, 15) is 18.0 Å². The maximum absolute atomic E-state index is 13.2. The van der Waals surface area contributed by atoms with Crippen molar-refractivity contribution >= 4 is 26.8 Å². The third-order valence-electron chi connectivity index (χ3n) is 5.44. The maximum Gasteiger partial charge on any atom is 0.252 e. The molecular formula is C22H24N4O4S. The number of pyridine rings is 2. The van der Waals surface area contributed by atoms with Gasteiger partial charge in [0, 0.05) is 49.0 Å². The molecule has 3 aromatic rings. The molecule has 0 bridgehead atoms. The van der Waals surface area contributed by atoms with Crippen molar-refractivity contribution < 1.29 is 13.2 Å². The standard InChI is InChI=1S/C22H24N4O4S/c27-21-13-19(22(28)24-15-16-6-5-9-23-14-16)18-12-17(7-8-20(18)25-21)31(29,30)26-10-3-1-2-4-11-26/h5-9,12-14H,1-4,10-11,15H2,(H,24,28)(H,25,27). The van der Waals surface area contributed by atoms with E-state index >= 15 is 0 Å². The molecule has 1 aliphatic heterocycles. The van der Waals surface area contributed by atoms with Crippen LogP contribution in [0, 0.1) is 0 Å². The number of aromatic amines is 1.